The van der Waals surface area contributed by atoms with Gasteiger partial charge in [0.05, 0.1) is 5.02 Å². The highest BCUT2D eigenvalue weighted by Crippen LogP contribution is 2.25. The van der Waals surface area contributed by atoms with Crippen molar-refractivity contribution >= 4 is 52.0 Å². The Kier molecular flexibility index (Phi) is 4.77. The number of halogens is 3. The summed E-state index contributed by atoms with van der Waals surface area (Å²) in [5.41, 5.74) is 3.02. The highest BCUT2D eigenvalue weighted by molar-refractivity contribution is 7.97. The number of benzene rings is 2. The highest BCUT2D eigenvalue weighted by atomic mass is 35.5. The van der Waals surface area contributed by atoms with Crippen LogP contribution in [0.3, 0.4) is 0 Å². The van der Waals surface area contributed by atoms with Crippen LogP contribution >= 0.6 is 35.1 Å². The molecule has 0 unspecified atom stereocenters. The van der Waals surface area contributed by atoms with Crippen molar-refractivity contribution in [1.82, 2.24) is 10.3 Å². The molecular formula is C15H9Cl2FN2O2S. The van der Waals surface area contributed by atoms with Gasteiger partial charge in [-0.3, -0.25) is 10.2 Å². The van der Waals surface area contributed by atoms with Gasteiger partial charge in [0.2, 0.25) is 0 Å². The zero-order valence-electron chi connectivity index (χ0n) is 11.4. The average molecular weight is 371 g/mol. The molecule has 1 heterocycles. The van der Waals surface area contributed by atoms with Crippen molar-refractivity contribution in [3.8, 4) is 0 Å². The minimum Gasteiger partial charge on any atom is -0.451 e. The highest BCUT2D eigenvalue weighted by Gasteiger charge is 2.12. The number of carbonyl (C=O) groups excluding carboxylic acids is 1. The van der Waals surface area contributed by atoms with E-state index in [9.17, 15) is 9.18 Å². The number of rotatable bonds is 4. The summed E-state index contributed by atoms with van der Waals surface area (Å²) in [6.07, 6.45) is 0. The quantitative estimate of drug-likeness (QED) is 0.510. The molecule has 23 heavy (non-hydrogen) atoms. The topological polar surface area (TPSA) is 54.3 Å². The second kappa shape index (κ2) is 6.80. The molecule has 4 nitrogen and oxygen atoms in total. The van der Waals surface area contributed by atoms with Crippen molar-refractivity contribution in [2.24, 2.45) is 0 Å². The molecule has 0 aliphatic carbocycles. The van der Waals surface area contributed by atoms with Gasteiger partial charge in [-0.05, 0) is 54.4 Å². The summed E-state index contributed by atoms with van der Waals surface area (Å²) >= 11 is 12.8. The Hall–Kier alpha value is -1.73. The van der Waals surface area contributed by atoms with E-state index in [0.29, 0.717) is 15.5 Å². The summed E-state index contributed by atoms with van der Waals surface area (Å²) in [4.78, 5) is 15.2. The average Bonchev–Trinajstić information content (AvgIpc) is 2.92. The van der Waals surface area contributed by atoms with E-state index in [2.05, 4.69) is 10.3 Å². The van der Waals surface area contributed by atoms with Crippen molar-refractivity contribution in [3.05, 3.63) is 64.1 Å². The van der Waals surface area contributed by atoms with Gasteiger partial charge in [0.25, 0.3) is 0 Å². The lowest BCUT2D eigenvalue weighted by molar-refractivity contribution is 0.0921. The lowest BCUT2D eigenvalue weighted by Gasteiger charge is -2.06. The van der Waals surface area contributed by atoms with Gasteiger partial charge in [-0.25, -0.2) is 4.39 Å². The van der Waals surface area contributed by atoms with Crippen LogP contribution in [-0.4, -0.2) is 5.91 Å². The Morgan fingerprint density at radius 2 is 1.96 bits per heavy atom. The van der Waals surface area contributed by atoms with Gasteiger partial charge in [0.1, 0.15) is 11.4 Å². The molecule has 0 aliphatic rings. The fourth-order valence-corrected chi connectivity index (χ4v) is 2.88. The monoisotopic (exact) mass is 370 g/mol. The maximum absolute atomic E-state index is 12.9. The third-order valence-electron chi connectivity index (χ3n) is 2.92. The van der Waals surface area contributed by atoms with Gasteiger partial charge < -0.3 is 4.42 Å². The van der Waals surface area contributed by atoms with E-state index in [1.165, 1.54) is 18.2 Å². The van der Waals surface area contributed by atoms with Crippen molar-refractivity contribution in [2.75, 3.05) is 0 Å². The molecule has 0 saturated carbocycles. The number of furan rings is 1. The fraction of sp³-hybridized carbons (Fsp3) is 0. The summed E-state index contributed by atoms with van der Waals surface area (Å²) in [6.45, 7) is 0. The van der Waals surface area contributed by atoms with Crippen molar-refractivity contribution in [3.63, 3.8) is 0 Å². The van der Waals surface area contributed by atoms with E-state index < -0.39 is 11.7 Å². The molecule has 0 atom stereocenters. The van der Waals surface area contributed by atoms with Gasteiger partial charge >= 0.3 is 5.91 Å². The van der Waals surface area contributed by atoms with Crippen molar-refractivity contribution in [2.45, 2.75) is 4.90 Å². The van der Waals surface area contributed by atoms with Crippen LogP contribution in [0.1, 0.15) is 10.6 Å². The molecule has 118 valence electrons. The Morgan fingerprint density at radius 1 is 1.13 bits per heavy atom. The van der Waals surface area contributed by atoms with Crippen molar-refractivity contribution in [1.29, 1.82) is 0 Å². The Balaban J connectivity index is 1.64. The van der Waals surface area contributed by atoms with Gasteiger partial charge in [-0.2, -0.15) is 4.83 Å². The first kappa shape index (κ1) is 16.1. The van der Waals surface area contributed by atoms with Crippen LogP contribution < -0.4 is 10.3 Å². The largest absolute Gasteiger partial charge is 0.451 e. The summed E-state index contributed by atoms with van der Waals surface area (Å²) in [6, 6.07) is 10.6. The summed E-state index contributed by atoms with van der Waals surface area (Å²) in [7, 11) is 0. The molecule has 0 aliphatic heterocycles. The predicted molar refractivity (Wildman–Crippen MR) is 89.1 cm³/mol. The second-order valence-corrected chi connectivity index (χ2v) is 6.22. The molecule has 3 rings (SSSR count). The van der Waals surface area contributed by atoms with Crippen molar-refractivity contribution < 1.29 is 13.6 Å². The smallest absolute Gasteiger partial charge is 0.301 e. The first-order chi connectivity index (χ1) is 11.0. The lowest BCUT2D eigenvalue weighted by atomic mass is 10.2. The molecule has 1 amide bonds. The van der Waals surface area contributed by atoms with Crippen LogP contribution in [0.4, 0.5) is 4.39 Å². The van der Waals surface area contributed by atoms with Gasteiger partial charge in [-0.15, -0.1) is 0 Å². The normalized spacial score (nSPS) is 10.9. The Labute approximate surface area is 145 Å². The first-order valence-electron chi connectivity index (χ1n) is 6.39. The molecule has 8 heteroatoms. The van der Waals surface area contributed by atoms with Crippen LogP contribution in [0.25, 0.3) is 11.0 Å². The van der Waals surface area contributed by atoms with E-state index >= 15 is 0 Å². The zero-order chi connectivity index (χ0) is 16.4. The minimum atomic E-state index is -0.456. The van der Waals surface area contributed by atoms with E-state index in [1.54, 1.807) is 24.3 Å². The lowest BCUT2D eigenvalue weighted by Crippen LogP contribution is -2.32. The van der Waals surface area contributed by atoms with Gasteiger partial charge in [0.15, 0.2) is 5.76 Å². The molecule has 0 radical (unpaired) electrons. The minimum absolute atomic E-state index is 0.139. The van der Waals surface area contributed by atoms with Crippen LogP contribution in [0.15, 0.2) is 51.8 Å². The standard InChI is InChI=1S/C15H9Cl2FN2O2S/c16-9-1-3-12-8(5-9)6-13(22-12)15(21)19-20-23-14-4-2-10(18)7-11(14)17/h1-7,20H,(H,19,21). The number of amides is 1. The number of nitrogens with one attached hydrogen (secondary N) is 2. The van der Waals surface area contributed by atoms with Crippen LogP contribution in [0, 0.1) is 5.82 Å². The first-order valence-corrected chi connectivity index (χ1v) is 7.96. The molecule has 3 aromatic rings. The van der Waals surface area contributed by atoms with Gasteiger partial charge in [0, 0.05) is 15.3 Å². The maximum atomic E-state index is 12.9. The van der Waals surface area contributed by atoms with E-state index in [0.717, 1.165) is 17.3 Å². The van der Waals surface area contributed by atoms with E-state index in [1.807, 2.05) is 0 Å². The number of hydrogen-bond acceptors (Lipinski definition) is 4. The fourth-order valence-electron chi connectivity index (χ4n) is 1.87. The van der Waals surface area contributed by atoms with E-state index in [-0.39, 0.29) is 10.8 Å². The SMILES string of the molecule is O=C(NNSc1ccc(F)cc1Cl)c1cc2cc(Cl)ccc2o1. The molecule has 0 spiro atoms. The molecular weight excluding hydrogens is 362 g/mol. The molecule has 2 N–H and O–H groups in total. The zero-order valence-corrected chi connectivity index (χ0v) is 13.7. The van der Waals surface area contributed by atoms with Crippen LogP contribution in [0.2, 0.25) is 10.0 Å². The van der Waals surface area contributed by atoms with Crippen LogP contribution in [0.5, 0.6) is 0 Å². The number of hydrogen-bond donors (Lipinski definition) is 2. The number of hydrazine groups is 1. The van der Waals surface area contributed by atoms with Crippen LogP contribution in [-0.2, 0) is 0 Å². The summed E-state index contributed by atoms with van der Waals surface area (Å²) < 4.78 is 18.4. The molecule has 2 aromatic carbocycles. The maximum Gasteiger partial charge on any atom is 0.301 e. The number of carbonyl (C=O) groups is 1. The molecule has 0 fully saturated rings. The third kappa shape index (κ3) is 3.79. The number of fused-ring (bicyclic) bond motifs is 1. The van der Waals surface area contributed by atoms with E-state index in [4.69, 9.17) is 27.6 Å². The molecule has 0 saturated heterocycles. The second-order valence-electron chi connectivity index (χ2n) is 4.53. The predicted octanol–water partition coefficient (Wildman–Crippen LogP) is 4.82. The summed E-state index contributed by atoms with van der Waals surface area (Å²) in [5, 5.41) is 1.54. The van der Waals surface area contributed by atoms with Gasteiger partial charge in [-0.1, -0.05) is 23.2 Å². The molecule has 1 aromatic heterocycles. The summed E-state index contributed by atoms with van der Waals surface area (Å²) in [5.74, 6) is -0.743. The Morgan fingerprint density at radius 3 is 2.74 bits per heavy atom. The molecule has 0 bridgehead atoms. The third-order valence-corrected chi connectivity index (χ3v) is 4.36. The Bertz CT molecular complexity index is 885.